The molecule has 2 heterocycles. The van der Waals surface area contributed by atoms with Gasteiger partial charge in [-0.3, -0.25) is 4.90 Å². The summed E-state index contributed by atoms with van der Waals surface area (Å²) >= 11 is 0. The standard InChI is InChI=1S/C26H35N3O2/c1-19-15-22(16-20(2)26(19)31-4)29-13-11-28(12-14-29)10-6-5-7-21-18-27-25-9-8-23(30-3)17-24(21)25/h8-9,15-18,27H,5-7,10-14H2,1-4H3. The number of aromatic amines is 1. The van der Waals surface area contributed by atoms with Gasteiger partial charge in [-0.05, 0) is 86.7 Å². The fourth-order valence-electron chi connectivity index (χ4n) is 4.80. The lowest BCUT2D eigenvalue weighted by molar-refractivity contribution is 0.253. The number of nitrogens with one attached hydrogen (secondary N) is 1. The summed E-state index contributed by atoms with van der Waals surface area (Å²) in [5.74, 6) is 1.93. The van der Waals surface area contributed by atoms with Crippen molar-refractivity contribution in [2.75, 3.05) is 51.8 Å². The third-order valence-corrected chi connectivity index (χ3v) is 6.53. The lowest BCUT2D eigenvalue weighted by atomic mass is 10.1. The number of fused-ring (bicyclic) bond motifs is 1. The van der Waals surface area contributed by atoms with Crippen LogP contribution in [0.1, 0.15) is 29.5 Å². The van der Waals surface area contributed by atoms with Crippen LogP contribution in [0.4, 0.5) is 5.69 Å². The number of ether oxygens (including phenoxy) is 2. The first-order chi connectivity index (χ1) is 15.1. The van der Waals surface area contributed by atoms with Crippen molar-refractivity contribution in [2.45, 2.75) is 33.1 Å². The van der Waals surface area contributed by atoms with Gasteiger partial charge in [0.25, 0.3) is 0 Å². The second-order valence-corrected chi connectivity index (χ2v) is 8.62. The molecule has 1 N–H and O–H groups in total. The molecule has 0 atom stereocenters. The molecule has 1 aromatic heterocycles. The normalized spacial score (nSPS) is 14.9. The van der Waals surface area contributed by atoms with Crippen molar-refractivity contribution >= 4 is 16.6 Å². The largest absolute Gasteiger partial charge is 0.497 e. The second-order valence-electron chi connectivity index (χ2n) is 8.62. The Hall–Kier alpha value is -2.66. The highest BCUT2D eigenvalue weighted by Crippen LogP contribution is 2.29. The highest BCUT2D eigenvalue weighted by atomic mass is 16.5. The van der Waals surface area contributed by atoms with Gasteiger partial charge in [0.2, 0.25) is 0 Å². The van der Waals surface area contributed by atoms with Crippen LogP contribution >= 0.6 is 0 Å². The van der Waals surface area contributed by atoms with Gasteiger partial charge in [0.15, 0.2) is 0 Å². The van der Waals surface area contributed by atoms with E-state index in [9.17, 15) is 0 Å². The predicted molar refractivity (Wildman–Crippen MR) is 129 cm³/mol. The number of hydrogen-bond acceptors (Lipinski definition) is 4. The van der Waals surface area contributed by atoms with Crippen LogP contribution in [0.2, 0.25) is 0 Å². The number of nitrogens with zero attached hydrogens (tertiary/aromatic N) is 2. The average molecular weight is 422 g/mol. The maximum Gasteiger partial charge on any atom is 0.124 e. The predicted octanol–water partition coefficient (Wildman–Crippen LogP) is 4.95. The van der Waals surface area contributed by atoms with Gasteiger partial charge in [0, 0.05) is 49.0 Å². The molecule has 1 saturated heterocycles. The van der Waals surface area contributed by atoms with E-state index in [0.717, 1.165) is 44.1 Å². The molecular weight excluding hydrogens is 386 g/mol. The van der Waals surface area contributed by atoms with Crippen LogP contribution in [0.15, 0.2) is 36.5 Å². The van der Waals surface area contributed by atoms with E-state index in [1.54, 1.807) is 14.2 Å². The van der Waals surface area contributed by atoms with Crippen LogP contribution < -0.4 is 14.4 Å². The van der Waals surface area contributed by atoms with Gasteiger partial charge in [-0.1, -0.05) is 0 Å². The van der Waals surface area contributed by atoms with E-state index >= 15 is 0 Å². The van der Waals surface area contributed by atoms with Gasteiger partial charge in [-0.2, -0.15) is 0 Å². The number of anilines is 1. The highest BCUT2D eigenvalue weighted by Gasteiger charge is 2.18. The number of benzene rings is 2. The summed E-state index contributed by atoms with van der Waals surface area (Å²) < 4.78 is 10.9. The Balaban J connectivity index is 1.24. The zero-order valence-electron chi connectivity index (χ0n) is 19.3. The lowest BCUT2D eigenvalue weighted by Gasteiger charge is -2.36. The van der Waals surface area contributed by atoms with Gasteiger partial charge in [-0.25, -0.2) is 0 Å². The Morgan fingerprint density at radius 1 is 0.903 bits per heavy atom. The van der Waals surface area contributed by atoms with Crippen LogP contribution in [0.3, 0.4) is 0 Å². The molecule has 0 aliphatic carbocycles. The van der Waals surface area contributed by atoms with Crippen LogP contribution in [0.5, 0.6) is 11.5 Å². The summed E-state index contributed by atoms with van der Waals surface area (Å²) in [5, 5.41) is 1.29. The Labute approximate surface area is 185 Å². The molecule has 1 aliphatic rings. The molecular formula is C26H35N3O2. The first-order valence-corrected chi connectivity index (χ1v) is 11.4. The molecule has 3 aromatic rings. The molecule has 0 bridgehead atoms. The summed E-state index contributed by atoms with van der Waals surface area (Å²) in [6.07, 6.45) is 5.71. The minimum absolute atomic E-state index is 0.925. The van der Waals surface area contributed by atoms with Gasteiger partial charge in [0.05, 0.1) is 14.2 Å². The van der Waals surface area contributed by atoms with E-state index in [4.69, 9.17) is 9.47 Å². The first kappa shape index (κ1) is 21.6. The van der Waals surface area contributed by atoms with Crippen molar-refractivity contribution in [3.63, 3.8) is 0 Å². The minimum atomic E-state index is 0.925. The SMILES string of the molecule is COc1ccc2[nH]cc(CCCCN3CCN(c4cc(C)c(OC)c(C)c4)CC3)c2c1. The molecule has 0 amide bonds. The van der Waals surface area contributed by atoms with Crippen molar-refractivity contribution < 1.29 is 9.47 Å². The lowest BCUT2D eigenvalue weighted by Crippen LogP contribution is -2.46. The molecule has 0 spiro atoms. The number of methoxy groups -OCH3 is 2. The number of rotatable bonds is 8. The van der Waals surface area contributed by atoms with Crippen molar-refractivity contribution in [3.8, 4) is 11.5 Å². The summed E-state index contributed by atoms with van der Waals surface area (Å²) in [5.41, 5.74) is 6.34. The molecule has 1 aliphatic heterocycles. The summed E-state index contributed by atoms with van der Waals surface area (Å²) in [7, 11) is 3.48. The number of piperazine rings is 1. The van der Waals surface area contributed by atoms with E-state index in [2.05, 4.69) is 59.1 Å². The smallest absolute Gasteiger partial charge is 0.124 e. The van der Waals surface area contributed by atoms with Crippen LogP contribution in [-0.2, 0) is 6.42 Å². The number of unbranched alkanes of at least 4 members (excludes halogenated alkanes) is 1. The molecule has 0 unspecified atom stereocenters. The molecule has 0 radical (unpaired) electrons. The average Bonchev–Trinajstić information content (AvgIpc) is 3.19. The Morgan fingerprint density at radius 3 is 2.32 bits per heavy atom. The maximum absolute atomic E-state index is 5.52. The number of H-pyrrole nitrogens is 1. The van der Waals surface area contributed by atoms with E-state index in [0.29, 0.717) is 0 Å². The Bertz CT molecular complexity index is 996. The second kappa shape index (κ2) is 9.65. The van der Waals surface area contributed by atoms with E-state index in [1.165, 1.54) is 52.7 Å². The molecule has 31 heavy (non-hydrogen) atoms. The third-order valence-electron chi connectivity index (χ3n) is 6.53. The highest BCUT2D eigenvalue weighted by molar-refractivity contribution is 5.84. The fourth-order valence-corrected chi connectivity index (χ4v) is 4.80. The van der Waals surface area contributed by atoms with E-state index in [-0.39, 0.29) is 0 Å². The number of hydrogen-bond donors (Lipinski definition) is 1. The summed E-state index contributed by atoms with van der Waals surface area (Å²) in [6, 6.07) is 10.8. The van der Waals surface area contributed by atoms with Crippen LogP contribution in [0, 0.1) is 13.8 Å². The zero-order valence-corrected chi connectivity index (χ0v) is 19.3. The number of aromatic nitrogens is 1. The van der Waals surface area contributed by atoms with Gasteiger partial charge in [-0.15, -0.1) is 0 Å². The monoisotopic (exact) mass is 421 g/mol. The first-order valence-electron chi connectivity index (χ1n) is 11.4. The quantitative estimate of drug-likeness (QED) is 0.523. The van der Waals surface area contributed by atoms with Crippen molar-refractivity contribution in [2.24, 2.45) is 0 Å². The van der Waals surface area contributed by atoms with Crippen LogP contribution in [-0.4, -0.2) is 56.8 Å². The van der Waals surface area contributed by atoms with Gasteiger partial charge in [0.1, 0.15) is 11.5 Å². The Kier molecular flexibility index (Phi) is 6.71. The summed E-state index contributed by atoms with van der Waals surface area (Å²) in [4.78, 5) is 8.50. The molecule has 5 nitrogen and oxygen atoms in total. The molecule has 2 aromatic carbocycles. The maximum atomic E-state index is 5.52. The minimum Gasteiger partial charge on any atom is -0.497 e. The fraction of sp³-hybridized carbons (Fsp3) is 0.462. The Morgan fingerprint density at radius 2 is 1.65 bits per heavy atom. The molecule has 5 heteroatoms. The molecule has 4 rings (SSSR count). The van der Waals surface area contributed by atoms with Crippen molar-refractivity contribution in [1.82, 2.24) is 9.88 Å². The summed E-state index contributed by atoms with van der Waals surface area (Å²) in [6.45, 7) is 9.90. The van der Waals surface area contributed by atoms with Crippen LogP contribution in [0.25, 0.3) is 10.9 Å². The van der Waals surface area contributed by atoms with Crippen molar-refractivity contribution in [1.29, 1.82) is 0 Å². The van der Waals surface area contributed by atoms with E-state index in [1.807, 2.05) is 6.07 Å². The van der Waals surface area contributed by atoms with Gasteiger partial charge >= 0.3 is 0 Å². The van der Waals surface area contributed by atoms with Crippen molar-refractivity contribution in [3.05, 3.63) is 53.2 Å². The van der Waals surface area contributed by atoms with E-state index < -0.39 is 0 Å². The molecule has 0 saturated carbocycles. The number of aryl methyl sites for hydroxylation is 3. The van der Waals surface area contributed by atoms with Gasteiger partial charge < -0.3 is 19.4 Å². The zero-order chi connectivity index (χ0) is 21.8. The third kappa shape index (κ3) is 4.82. The molecule has 1 fully saturated rings. The molecule has 166 valence electrons. The topological polar surface area (TPSA) is 40.7 Å².